The number of carbonyl (C=O) groups is 2. The summed E-state index contributed by atoms with van der Waals surface area (Å²) in [4.78, 5) is 25.2. The van der Waals surface area contributed by atoms with Gasteiger partial charge in [-0.1, -0.05) is 79.6 Å². The average molecular weight is 371 g/mol. The van der Waals surface area contributed by atoms with Gasteiger partial charge in [0.05, 0.1) is 13.2 Å². The molecule has 0 saturated heterocycles. The van der Waals surface area contributed by atoms with Crippen molar-refractivity contribution in [3.8, 4) is 0 Å². The molecular formula is C22H42O4. The van der Waals surface area contributed by atoms with Crippen molar-refractivity contribution in [3.63, 3.8) is 0 Å². The van der Waals surface area contributed by atoms with E-state index in [0.717, 1.165) is 25.7 Å². The van der Waals surface area contributed by atoms with E-state index in [4.69, 9.17) is 9.47 Å². The summed E-state index contributed by atoms with van der Waals surface area (Å²) in [5.41, 5.74) is -1.15. The SMILES string of the molecule is CCCCCCCCCOC(=O)C(CC)(CC)C(=O)OCC(C)CCC. The van der Waals surface area contributed by atoms with Crippen molar-refractivity contribution in [3.05, 3.63) is 0 Å². The summed E-state index contributed by atoms with van der Waals surface area (Å²) in [6.45, 7) is 10.9. The molecule has 0 aromatic rings. The third-order valence-corrected chi connectivity index (χ3v) is 5.25. The minimum Gasteiger partial charge on any atom is -0.465 e. The molecule has 0 aliphatic carbocycles. The van der Waals surface area contributed by atoms with Gasteiger partial charge < -0.3 is 9.47 Å². The van der Waals surface area contributed by atoms with Crippen LogP contribution in [0.3, 0.4) is 0 Å². The lowest BCUT2D eigenvalue weighted by Crippen LogP contribution is -2.41. The molecule has 0 aromatic heterocycles. The lowest BCUT2D eigenvalue weighted by molar-refractivity contribution is -0.174. The average Bonchev–Trinajstić information content (AvgIpc) is 2.64. The highest BCUT2D eigenvalue weighted by molar-refractivity contribution is 5.99. The highest BCUT2D eigenvalue weighted by Crippen LogP contribution is 2.30. The van der Waals surface area contributed by atoms with E-state index in [0.29, 0.717) is 32.0 Å². The molecule has 1 unspecified atom stereocenters. The van der Waals surface area contributed by atoms with Crippen LogP contribution in [0, 0.1) is 11.3 Å². The van der Waals surface area contributed by atoms with Crippen LogP contribution in [0.2, 0.25) is 0 Å². The maximum Gasteiger partial charge on any atom is 0.323 e. The Kier molecular flexibility index (Phi) is 14.4. The maximum absolute atomic E-state index is 12.6. The largest absolute Gasteiger partial charge is 0.465 e. The molecule has 0 heterocycles. The van der Waals surface area contributed by atoms with E-state index in [2.05, 4.69) is 20.8 Å². The molecule has 154 valence electrons. The van der Waals surface area contributed by atoms with E-state index in [9.17, 15) is 9.59 Å². The van der Waals surface area contributed by atoms with E-state index in [1.165, 1.54) is 32.1 Å². The van der Waals surface area contributed by atoms with Crippen molar-refractivity contribution >= 4 is 11.9 Å². The molecule has 0 saturated carbocycles. The van der Waals surface area contributed by atoms with Crippen molar-refractivity contribution in [1.29, 1.82) is 0 Å². The Morgan fingerprint density at radius 1 is 0.769 bits per heavy atom. The van der Waals surface area contributed by atoms with Crippen LogP contribution in [0.4, 0.5) is 0 Å². The van der Waals surface area contributed by atoms with Crippen LogP contribution in [0.15, 0.2) is 0 Å². The Morgan fingerprint density at radius 3 is 1.85 bits per heavy atom. The van der Waals surface area contributed by atoms with Crippen LogP contribution < -0.4 is 0 Å². The van der Waals surface area contributed by atoms with E-state index in [-0.39, 0.29) is 0 Å². The number of ether oxygens (including phenoxy) is 2. The molecule has 0 amide bonds. The summed E-state index contributed by atoms with van der Waals surface area (Å²) in [6, 6.07) is 0. The van der Waals surface area contributed by atoms with E-state index in [1.54, 1.807) is 0 Å². The smallest absolute Gasteiger partial charge is 0.323 e. The van der Waals surface area contributed by atoms with Crippen molar-refractivity contribution in [2.75, 3.05) is 13.2 Å². The molecule has 26 heavy (non-hydrogen) atoms. The van der Waals surface area contributed by atoms with E-state index < -0.39 is 17.4 Å². The third kappa shape index (κ3) is 9.05. The Labute approximate surface area is 161 Å². The van der Waals surface area contributed by atoms with Crippen LogP contribution in [-0.4, -0.2) is 25.2 Å². The van der Waals surface area contributed by atoms with Gasteiger partial charge in [-0.05, 0) is 31.6 Å². The fourth-order valence-electron chi connectivity index (χ4n) is 3.21. The molecule has 0 spiro atoms. The van der Waals surface area contributed by atoms with Crippen LogP contribution in [0.1, 0.15) is 105 Å². The number of hydrogen-bond acceptors (Lipinski definition) is 4. The van der Waals surface area contributed by atoms with Crippen LogP contribution in [-0.2, 0) is 19.1 Å². The molecule has 0 aliphatic rings. The molecule has 0 radical (unpaired) electrons. The molecule has 0 N–H and O–H groups in total. The van der Waals surface area contributed by atoms with Gasteiger partial charge in [0, 0.05) is 0 Å². The van der Waals surface area contributed by atoms with Gasteiger partial charge in [-0.3, -0.25) is 9.59 Å². The fourth-order valence-corrected chi connectivity index (χ4v) is 3.21. The van der Waals surface area contributed by atoms with Gasteiger partial charge in [-0.15, -0.1) is 0 Å². The zero-order valence-corrected chi connectivity index (χ0v) is 17.9. The topological polar surface area (TPSA) is 52.6 Å². The number of carbonyl (C=O) groups excluding carboxylic acids is 2. The fraction of sp³-hybridized carbons (Fsp3) is 0.909. The first-order valence-corrected chi connectivity index (χ1v) is 10.8. The highest BCUT2D eigenvalue weighted by Gasteiger charge is 2.45. The second-order valence-corrected chi connectivity index (χ2v) is 7.54. The predicted molar refractivity (Wildman–Crippen MR) is 107 cm³/mol. The predicted octanol–water partition coefficient (Wildman–Crippen LogP) is 6.07. The molecule has 0 fully saturated rings. The molecule has 0 aliphatic heterocycles. The summed E-state index contributed by atoms with van der Waals surface area (Å²) in [5.74, 6) is -0.518. The van der Waals surface area contributed by atoms with Crippen LogP contribution in [0.5, 0.6) is 0 Å². The number of esters is 2. The van der Waals surface area contributed by atoms with Crippen molar-refractivity contribution in [2.24, 2.45) is 11.3 Å². The second-order valence-electron chi connectivity index (χ2n) is 7.54. The van der Waals surface area contributed by atoms with Crippen LogP contribution in [0.25, 0.3) is 0 Å². The van der Waals surface area contributed by atoms with Gasteiger partial charge in [0.15, 0.2) is 5.41 Å². The van der Waals surface area contributed by atoms with Crippen molar-refractivity contribution in [1.82, 2.24) is 0 Å². The van der Waals surface area contributed by atoms with Gasteiger partial charge in [0.1, 0.15) is 0 Å². The maximum atomic E-state index is 12.6. The Bertz CT molecular complexity index is 374. The van der Waals surface area contributed by atoms with Crippen molar-refractivity contribution in [2.45, 2.75) is 105 Å². The Balaban J connectivity index is 4.34. The monoisotopic (exact) mass is 370 g/mol. The molecular weight excluding hydrogens is 328 g/mol. The zero-order valence-electron chi connectivity index (χ0n) is 17.9. The van der Waals surface area contributed by atoms with E-state index in [1.807, 2.05) is 13.8 Å². The molecule has 0 rings (SSSR count). The first-order chi connectivity index (χ1) is 12.5. The first kappa shape index (κ1) is 24.9. The molecule has 1 atom stereocenters. The van der Waals surface area contributed by atoms with Gasteiger partial charge >= 0.3 is 11.9 Å². The summed E-state index contributed by atoms with van der Waals surface area (Å²) in [5, 5.41) is 0. The zero-order chi connectivity index (χ0) is 19.8. The normalized spacial score (nSPS) is 12.7. The van der Waals surface area contributed by atoms with Gasteiger partial charge in [0.25, 0.3) is 0 Å². The molecule has 0 bridgehead atoms. The lowest BCUT2D eigenvalue weighted by Gasteiger charge is -2.27. The minimum atomic E-state index is -1.15. The van der Waals surface area contributed by atoms with E-state index >= 15 is 0 Å². The summed E-state index contributed by atoms with van der Waals surface area (Å²) < 4.78 is 10.9. The number of rotatable bonds is 16. The minimum absolute atomic E-state index is 0.319. The standard InChI is InChI=1S/C22H42O4/c1-6-10-11-12-13-14-15-17-25-20(23)22(8-3,9-4)21(24)26-18-19(5)16-7-2/h19H,6-18H2,1-5H3. The Hall–Kier alpha value is -1.06. The van der Waals surface area contributed by atoms with Gasteiger partial charge in [-0.2, -0.15) is 0 Å². The highest BCUT2D eigenvalue weighted by atomic mass is 16.6. The third-order valence-electron chi connectivity index (χ3n) is 5.25. The summed E-state index contributed by atoms with van der Waals surface area (Å²) in [7, 11) is 0. The number of unbranched alkanes of at least 4 members (excludes halogenated alkanes) is 6. The summed E-state index contributed by atoms with van der Waals surface area (Å²) >= 11 is 0. The number of hydrogen-bond donors (Lipinski definition) is 0. The molecule has 4 nitrogen and oxygen atoms in total. The lowest BCUT2D eigenvalue weighted by atomic mass is 9.82. The van der Waals surface area contributed by atoms with Crippen LogP contribution >= 0.6 is 0 Å². The molecule has 0 aromatic carbocycles. The second kappa shape index (κ2) is 15.0. The first-order valence-electron chi connectivity index (χ1n) is 10.8. The molecule has 4 heteroatoms. The Morgan fingerprint density at radius 2 is 1.31 bits per heavy atom. The van der Waals surface area contributed by atoms with Crippen molar-refractivity contribution < 1.29 is 19.1 Å². The summed E-state index contributed by atoms with van der Waals surface area (Å²) in [6.07, 6.45) is 11.1. The van der Waals surface area contributed by atoms with Gasteiger partial charge in [0.2, 0.25) is 0 Å². The van der Waals surface area contributed by atoms with Gasteiger partial charge in [-0.25, -0.2) is 0 Å². The quantitative estimate of drug-likeness (QED) is 0.188.